The molecule has 0 aromatic heterocycles. The fourth-order valence-electron chi connectivity index (χ4n) is 1.67. The number of halogens is 1. The van der Waals surface area contributed by atoms with Gasteiger partial charge in [0, 0.05) is 11.1 Å². The molecule has 0 fully saturated rings. The number of Topliss-reactive ketones (excluding diaryl/α,β-unsaturated/α-hetero) is 1. The zero-order chi connectivity index (χ0) is 12.1. The minimum absolute atomic E-state index is 0.110. The zero-order valence-electron chi connectivity index (χ0n) is 9.92. The third-order valence-electron chi connectivity index (χ3n) is 2.41. The van der Waals surface area contributed by atoms with Gasteiger partial charge in [-0.25, -0.2) is 0 Å². The van der Waals surface area contributed by atoms with Gasteiger partial charge >= 0.3 is 0 Å². The Hall–Kier alpha value is -0.830. The third kappa shape index (κ3) is 2.85. The van der Waals surface area contributed by atoms with Crippen molar-refractivity contribution in [1.82, 2.24) is 0 Å². The van der Waals surface area contributed by atoms with E-state index in [1.165, 1.54) is 0 Å². The second-order valence-electron chi connectivity index (χ2n) is 3.55. The van der Waals surface area contributed by atoms with E-state index >= 15 is 0 Å². The molecule has 0 aliphatic carbocycles. The van der Waals surface area contributed by atoms with Crippen molar-refractivity contribution in [2.24, 2.45) is 0 Å². The summed E-state index contributed by atoms with van der Waals surface area (Å²) in [5, 5.41) is 0. The van der Waals surface area contributed by atoms with Crippen LogP contribution in [0.2, 0.25) is 0 Å². The Bertz CT molecular complexity index is 372. The van der Waals surface area contributed by atoms with Crippen LogP contribution in [0.25, 0.3) is 0 Å². The molecule has 1 aromatic carbocycles. The highest BCUT2D eigenvalue weighted by molar-refractivity contribution is 9.10. The van der Waals surface area contributed by atoms with E-state index in [2.05, 4.69) is 15.9 Å². The monoisotopic (exact) mass is 284 g/mol. The Morgan fingerprint density at radius 2 is 2.12 bits per heavy atom. The van der Waals surface area contributed by atoms with E-state index in [0.717, 1.165) is 23.3 Å². The molecule has 0 bridgehead atoms. The summed E-state index contributed by atoms with van der Waals surface area (Å²) in [5.41, 5.74) is 1.76. The molecule has 3 heteroatoms. The van der Waals surface area contributed by atoms with Crippen molar-refractivity contribution < 1.29 is 9.53 Å². The molecule has 0 saturated carbocycles. The summed E-state index contributed by atoms with van der Waals surface area (Å²) < 4.78 is 5.53. The fourth-order valence-corrected chi connectivity index (χ4v) is 1.91. The first-order valence-corrected chi connectivity index (χ1v) is 6.46. The largest absolute Gasteiger partial charge is 0.494 e. The maximum Gasteiger partial charge on any atom is 0.176 e. The molecular weight excluding hydrogens is 268 g/mol. The van der Waals surface area contributed by atoms with Gasteiger partial charge in [-0.15, -0.1) is 0 Å². The highest BCUT2D eigenvalue weighted by atomic mass is 79.9. The van der Waals surface area contributed by atoms with E-state index in [-0.39, 0.29) is 10.6 Å². The van der Waals surface area contributed by atoms with Crippen LogP contribution in [0.3, 0.4) is 0 Å². The van der Waals surface area contributed by atoms with Crippen molar-refractivity contribution in [3.8, 4) is 5.75 Å². The summed E-state index contributed by atoms with van der Waals surface area (Å²) in [6.45, 7) is 6.44. The zero-order valence-corrected chi connectivity index (χ0v) is 11.5. The molecule has 0 saturated heterocycles. The molecule has 0 heterocycles. The van der Waals surface area contributed by atoms with Gasteiger partial charge in [0.05, 0.1) is 11.4 Å². The molecule has 16 heavy (non-hydrogen) atoms. The number of rotatable bonds is 5. The van der Waals surface area contributed by atoms with Crippen LogP contribution in [-0.4, -0.2) is 17.2 Å². The number of hydrogen-bond acceptors (Lipinski definition) is 2. The van der Waals surface area contributed by atoms with Crippen LogP contribution in [0.4, 0.5) is 0 Å². The quantitative estimate of drug-likeness (QED) is 0.610. The summed E-state index contributed by atoms with van der Waals surface area (Å²) in [6, 6.07) is 5.65. The smallest absolute Gasteiger partial charge is 0.176 e. The molecule has 0 radical (unpaired) electrons. The predicted molar refractivity (Wildman–Crippen MR) is 69.7 cm³/mol. The maximum absolute atomic E-state index is 12.0. The van der Waals surface area contributed by atoms with E-state index in [1.807, 2.05) is 39.0 Å². The van der Waals surface area contributed by atoms with Crippen LogP contribution < -0.4 is 4.74 Å². The molecule has 1 rings (SSSR count). The number of carbonyl (C=O) groups excluding carboxylic acids is 1. The van der Waals surface area contributed by atoms with Crippen molar-refractivity contribution in [3.63, 3.8) is 0 Å². The topological polar surface area (TPSA) is 26.3 Å². The summed E-state index contributed by atoms with van der Waals surface area (Å²) in [7, 11) is 0. The number of carbonyl (C=O) groups is 1. The van der Waals surface area contributed by atoms with Crippen molar-refractivity contribution >= 4 is 21.7 Å². The van der Waals surface area contributed by atoms with Gasteiger partial charge in [0.1, 0.15) is 5.75 Å². The third-order valence-corrected chi connectivity index (χ3v) is 2.83. The van der Waals surface area contributed by atoms with Crippen molar-refractivity contribution in [3.05, 3.63) is 29.3 Å². The number of ketones is 1. The number of benzene rings is 1. The molecule has 0 N–H and O–H groups in total. The average Bonchev–Trinajstić information content (AvgIpc) is 2.28. The molecule has 88 valence electrons. The molecule has 1 unspecified atom stereocenters. The Morgan fingerprint density at radius 3 is 2.62 bits per heavy atom. The Kier molecular flexibility index (Phi) is 5.00. The molecule has 1 aromatic rings. The molecule has 0 amide bonds. The molecule has 0 aliphatic heterocycles. The van der Waals surface area contributed by atoms with Crippen LogP contribution in [0, 0.1) is 0 Å². The van der Waals surface area contributed by atoms with Crippen molar-refractivity contribution in [2.75, 3.05) is 6.61 Å². The molecular formula is C13H17BrO2. The summed E-state index contributed by atoms with van der Waals surface area (Å²) >= 11 is 3.31. The molecule has 0 spiro atoms. The van der Waals surface area contributed by atoms with Crippen molar-refractivity contribution in [2.45, 2.75) is 32.0 Å². The van der Waals surface area contributed by atoms with Gasteiger partial charge in [-0.1, -0.05) is 35.0 Å². The van der Waals surface area contributed by atoms with Crippen LogP contribution in [-0.2, 0) is 6.42 Å². The lowest BCUT2D eigenvalue weighted by Crippen LogP contribution is -2.13. The van der Waals surface area contributed by atoms with Gasteiger partial charge in [-0.3, -0.25) is 4.79 Å². The SMILES string of the molecule is CCOc1cccc(C(=O)C(C)Br)c1CC. The number of hydrogen-bond donors (Lipinski definition) is 0. The van der Waals surface area contributed by atoms with Crippen molar-refractivity contribution in [1.29, 1.82) is 0 Å². The molecule has 2 nitrogen and oxygen atoms in total. The minimum atomic E-state index is -0.158. The van der Waals surface area contributed by atoms with Crippen LogP contribution in [0.15, 0.2) is 18.2 Å². The van der Waals surface area contributed by atoms with Gasteiger partial charge in [0.2, 0.25) is 0 Å². The van der Waals surface area contributed by atoms with E-state index in [1.54, 1.807) is 0 Å². The van der Waals surface area contributed by atoms with E-state index in [9.17, 15) is 4.79 Å². The lowest BCUT2D eigenvalue weighted by atomic mass is 9.99. The Labute approximate surface area is 105 Å². The standard InChI is InChI=1S/C13H17BrO2/c1-4-10-11(13(15)9(3)14)7-6-8-12(10)16-5-2/h6-9H,4-5H2,1-3H3. The first-order chi connectivity index (χ1) is 7.61. The highest BCUT2D eigenvalue weighted by Crippen LogP contribution is 2.25. The normalized spacial score (nSPS) is 12.2. The predicted octanol–water partition coefficient (Wildman–Crippen LogP) is 3.61. The van der Waals surface area contributed by atoms with E-state index in [0.29, 0.717) is 6.61 Å². The second-order valence-corrected chi connectivity index (χ2v) is 4.92. The van der Waals surface area contributed by atoms with Gasteiger partial charge < -0.3 is 4.74 Å². The average molecular weight is 285 g/mol. The number of ether oxygens (including phenoxy) is 1. The Balaban J connectivity index is 3.18. The molecule has 0 aliphatic rings. The molecule has 1 atom stereocenters. The first-order valence-electron chi connectivity index (χ1n) is 5.54. The van der Waals surface area contributed by atoms with Gasteiger partial charge in [0.25, 0.3) is 0 Å². The summed E-state index contributed by atoms with van der Waals surface area (Å²) in [5.74, 6) is 0.933. The maximum atomic E-state index is 12.0. The van der Waals surface area contributed by atoms with E-state index in [4.69, 9.17) is 4.74 Å². The van der Waals surface area contributed by atoms with Gasteiger partial charge in [-0.2, -0.15) is 0 Å². The van der Waals surface area contributed by atoms with Crippen LogP contribution in [0.1, 0.15) is 36.7 Å². The van der Waals surface area contributed by atoms with Gasteiger partial charge in [0.15, 0.2) is 5.78 Å². The number of alkyl halides is 1. The highest BCUT2D eigenvalue weighted by Gasteiger charge is 2.17. The lowest BCUT2D eigenvalue weighted by molar-refractivity contribution is 0.0994. The summed E-state index contributed by atoms with van der Waals surface area (Å²) in [4.78, 5) is 11.8. The first kappa shape index (κ1) is 13.2. The fraction of sp³-hybridized carbons (Fsp3) is 0.462. The Morgan fingerprint density at radius 1 is 1.44 bits per heavy atom. The van der Waals surface area contributed by atoms with E-state index < -0.39 is 0 Å². The summed E-state index contributed by atoms with van der Waals surface area (Å²) in [6.07, 6.45) is 0.803. The van der Waals surface area contributed by atoms with Crippen LogP contribution in [0.5, 0.6) is 5.75 Å². The minimum Gasteiger partial charge on any atom is -0.494 e. The van der Waals surface area contributed by atoms with Crippen LogP contribution >= 0.6 is 15.9 Å². The second kappa shape index (κ2) is 6.04. The van der Waals surface area contributed by atoms with Gasteiger partial charge in [-0.05, 0) is 26.3 Å². The lowest BCUT2D eigenvalue weighted by Gasteiger charge is -2.13.